The van der Waals surface area contributed by atoms with Crippen LogP contribution >= 0.6 is 27.7 Å². The van der Waals surface area contributed by atoms with E-state index in [9.17, 15) is 4.39 Å². The van der Waals surface area contributed by atoms with Crippen molar-refractivity contribution in [3.05, 3.63) is 52.4 Å². The van der Waals surface area contributed by atoms with Gasteiger partial charge in [0.2, 0.25) is 0 Å². The first kappa shape index (κ1) is 15.3. The second-order valence-electron chi connectivity index (χ2n) is 4.55. The van der Waals surface area contributed by atoms with Gasteiger partial charge in [0.25, 0.3) is 0 Å². The Morgan fingerprint density at radius 1 is 1.32 bits per heavy atom. The summed E-state index contributed by atoms with van der Waals surface area (Å²) in [5, 5.41) is 9.11. The Balaban J connectivity index is 1.81. The number of thioether (sulfide) groups is 1. The Morgan fingerprint density at radius 3 is 2.86 bits per heavy atom. The molecular formula is C15H13BrFN3OS. The number of benzene rings is 1. The molecule has 7 heteroatoms. The fourth-order valence-corrected chi connectivity index (χ4v) is 3.37. The predicted molar refractivity (Wildman–Crippen MR) is 87.1 cm³/mol. The summed E-state index contributed by atoms with van der Waals surface area (Å²) in [6.07, 6.45) is 1.61. The molecule has 2 heterocycles. The molecule has 2 aromatic heterocycles. The minimum Gasteiger partial charge on any atom is -0.461 e. The zero-order valence-electron chi connectivity index (χ0n) is 11.8. The molecule has 0 atom stereocenters. The number of furan rings is 1. The maximum atomic E-state index is 13.9. The second kappa shape index (κ2) is 6.66. The third-order valence-corrected chi connectivity index (χ3v) is 4.66. The Hall–Kier alpha value is -1.60. The number of hydrogen-bond donors (Lipinski definition) is 0. The maximum absolute atomic E-state index is 13.9. The molecule has 0 aliphatic carbocycles. The summed E-state index contributed by atoms with van der Waals surface area (Å²) in [4.78, 5) is 0. The highest BCUT2D eigenvalue weighted by Crippen LogP contribution is 2.28. The summed E-state index contributed by atoms with van der Waals surface area (Å²) in [7, 11) is 0. The average molecular weight is 382 g/mol. The average Bonchev–Trinajstić information content (AvgIpc) is 3.15. The van der Waals surface area contributed by atoms with Gasteiger partial charge in [0, 0.05) is 16.8 Å². The smallest absolute Gasteiger partial charge is 0.200 e. The SMILES string of the molecule is CCn1c(SCc2ccc(Br)cc2F)nnc1-c1ccco1. The standard InChI is InChI=1S/C15H13BrFN3OS/c1-2-20-14(13-4-3-7-21-13)18-19-15(20)22-9-10-5-6-11(16)8-12(10)17/h3-8H,2,9H2,1H3. The number of rotatable bonds is 5. The normalized spacial score (nSPS) is 11.0. The van der Waals surface area contributed by atoms with Crippen LogP contribution in [0.2, 0.25) is 0 Å². The van der Waals surface area contributed by atoms with Crippen molar-refractivity contribution in [2.45, 2.75) is 24.4 Å². The lowest BCUT2D eigenvalue weighted by molar-refractivity contribution is 0.567. The molecule has 0 N–H and O–H groups in total. The van der Waals surface area contributed by atoms with Crippen LogP contribution in [0.5, 0.6) is 0 Å². The van der Waals surface area contributed by atoms with E-state index in [4.69, 9.17) is 4.42 Å². The number of halogens is 2. The molecule has 0 amide bonds. The van der Waals surface area contributed by atoms with Gasteiger partial charge >= 0.3 is 0 Å². The molecule has 1 aromatic carbocycles. The van der Waals surface area contributed by atoms with E-state index in [1.165, 1.54) is 17.8 Å². The molecule has 22 heavy (non-hydrogen) atoms. The van der Waals surface area contributed by atoms with Gasteiger partial charge in [-0.25, -0.2) is 4.39 Å². The van der Waals surface area contributed by atoms with E-state index >= 15 is 0 Å². The first-order valence-corrected chi connectivity index (χ1v) is 8.50. The van der Waals surface area contributed by atoms with E-state index in [-0.39, 0.29) is 5.82 Å². The highest BCUT2D eigenvalue weighted by Gasteiger charge is 2.15. The quantitative estimate of drug-likeness (QED) is 0.598. The van der Waals surface area contributed by atoms with Crippen LogP contribution in [0.3, 0.4) is 0 Å². The highest BCUT2D eigenvalue weighted by atomic mass is 79.9. The van der Waals surface area contributed by atoms with Gasteiger partial charge in [-0.2, -0.15) is 0 Å². The topological polar surface area (TPSA) is 43.9 Å². The van der Waals surface area contributed by atoms with Gasteiger partial charge < -0.3 is 4.42 Å². The summed E-state index contributed by atoms with van der Waals surface area (Å²) in [5.74, 6) is 1.63. The first-order valence-electron chi connectivity index (χ1n) is 6.73. The number of nitrogens with zero attached hydrogens (tertiary/aromatic N) is 3. The van der Waals surface area contributed by atoms with Gasteiger partial charge in [0.15, 0.2) is 16.7 Å². The number of aromatic nitrogens is 3. The lowest BCUT2D eigenvalue weighted by Gasteiger charge is -2.06. The van der Waals surface area contributed by atoms with E-state index in [1.54, 1.807) is 12.3 Å². The molecule has 0 saturated carbocycles. The summed E-state index contributed by atoms with van der Waals surface area (Å²) in [6.45, 7) is 2.73. The molecular weight excluding hydrogens is 369 g/mol. The second-order valence-corrected chi connectivity index (χ2v) is 6.41. The highest BCUT2D eigenvalue weighted by molar-refractivity contribution is 9.10. The summed E-state index contributed by atoms with van der Waals surface area (Å²) in [6, 6.07) is 8.73. The lowest BCUT2D eigenvalue weighted by atomic mass is 10.2. The van der Waals surface area contributed by atoms with Crippen molar-refractivity contribution >= 4 is 27.7 Å². The molecule has 0 aliphatic heterocycles. The summed E-state index contributed by atoms with van der Waals surface area (Å²) in [5.41, 5.74) is 0.637. The van der Waals surface area contributed by atoms with Gasteiger partial charge in [-0.3, -0.25) is 4.57 Å². The Bertz CT molecular complexity index is 773. The predicted octanol–water partition coefficient (Wildman–Crippen LogP) is 4.75. The zero-order valence-corrected chi connectivity index (χ0v) is 14.2. The zero-order chi connectivity index (χ0) is 15.5. The molecule has 0 bridgehead atoms. The van der Waals surface area contributed by atoms with Crippen LogP contribution in [0.4, 0.5) is 4.39 Å². The molecule has 4 nitrogen and oxygen atoms in total. The molecule has 0 fully saturated rings. The van der Waals surface area contributed by atoms with Gasteiger partial charge in [-0.1, -0.05) is 33.8 Å². The molecule has 0 radical (unpaired) electrons. The van der Waals surface area contributed by atoms with Crippen LogP contribution in [0.15, 0.2) is 50.6 Å². The van der Waals surface area contributed by atoms with Crippen molar-refractivity contribution in [2.24, 2.45) is 0 Å². The first-order chi connectivity index (χ1) is 10.7. The third-order valence-electron chi connectivity index (χ3n) is 3.15. The lowest BCUT2D eigenvalue weighted by Crippen LogP contribution is -1.99. The van der Waals surface area contributed by atoms with Crippen molar-refractivity contribution in [1.82, 2.24) is 14.8 Å². The maximum Gasteiger partial charge on any atom is 0.200 e. The molecule has 0 unspecified atom stereocenters. The summed E-state index contributed by atoms with van der Waals surface area (Å²) >= 11 is 4.71. The monoisotopic (exact) mass is 381 g/mol. The van der Waals surface area contributed by atoms with Gasteiger partial charge in [0.1, 0.15) is 5.82 Å². The fourth-order valence-electron chi connectivity index (χ4n) is 2.05. The van der Waals surface area contributed by atoms with Crippen LogP contribution in [0.25, 0.3) is 11.6 Å². The van der Waals surface area contributed by atoms with Crippen molar-refractivity contribution in [3.8, 4) is 11.6 Å². The Morgan fingerprint density at radius 2 is 2.18 bits per heavy atom. The van der Waals surface area contributed by atoms with Crippen molar-refractivity contribution in [3.63, 3.8) is 0 Å². The van der Waals surface area contributed by atoms with Crippen LogP contribution in [-0.4, -0.2) is 14.8 Å². The minimum atomic E-state index is -0.226. The molecule has 0 saturated heterocycles. The molecule has 114 valence electrons. The Kier molecular flexibility index (Phi) is 4.63. The van der Waals surface area contributed by atoms with Crippen LogP contribution in [0.1, 0.15) is 12.5 Å². The molecule has 0 spiro atoms. The van der Waals surface area contributed by atoms with E-state index < -0.39 is 0 Å². The van der Waals surface area contributed by atoms with Gasteiger partial charge in [0.05, 0.1) is 6.26 Å². The molecule has 0 aliphatic rings. The number of hydrogen-bond acceptors (Lipinski definition) is 4. The largest absolute Gasteiger partial charge is 0.461 e. The van der Waals surface area contributed by atoms with Crippen molar-refractivity contribution in [1.29, 1.82) is 0 Å². The van der Waals surface area contributed by atoms with Crippen molar-refractivity contribution in [2.75, 3.05) is 0 Å². The van der Waals surface area contributed by atoms with Crippen LogP contribution in [-0.2, 0) is 12.3 Å². The van der Waals surface area contributed by atoms with E-state index in [0.717, 1.165) is 9.63 Å². The Labute approximate surface area is 139 Å². The summed E-state index contributed by atoms with van der Waals surface area (Å²) < 4.78 is 21.9. The minimum absolute atomic E-state index is 0.226. The van der Waals surface area contributed by atoms with E-state index in [1.807, 2.05) is 29.7 Å². The molecule has 3 rings (SSSR count). The van der Waals surface area contributed by atoms with Gasteiger partial charge in [-0.05, 0) is 36.8 Å². The fraction of sp³-hybridized carbons (Fsp3) is 0.200. The van der Waals surface area contributed by atoms with E-state index in [0.29, 0.717) is 29.4 Å². The van der Waals surface area contributed by atoms with Crippen LogP contribution in [0, 0.1) is 5.82 Å². The van der Waals surface area contributed by atoms with E-state index in [2.05, 4.69) is 26.1 Å². The third kappa shape index (κ3) is 3.10. The van der Waals surface area contributed by atoms with Crippen LogP contribution < -0.4 is 0 Å². The van der Waals surface area contributed by atoms with Crippen molar-refractivity contribution < 1.29 is 8.81 Å². The molecule has 3 aromatic rings. The van der Waals surface area contributed by atoms with Gasteiger partial charge in [-0.15, -0.1) is 10.2 Å².